The van der Waals surface area contributed by atoms with Gasteiger partial charge in [-0.2, -0.15) is 0 Å². The number of halogens is 1. The molecule has 0 aliphatic carbocycles. The van der Waals surface area contributed by atoms with E-state index in [-0.39, 0.29) is 35.8 Å². The molecule has 1 fully saturated rings. The maximum absolute atomic E-state index is 12.0. The summed E-state index contributed by atoms with van der Waals surface area (Å²) in [6.07, 6.45) is 1.61. The fourth-order valence-electron chi connectivity index (χ4n) is 4.47. The summed E-state index contributed by atoms with van der Waals surface area (Å²) in [5, 5.41) is 9.83. The summed E-state index contributed by atoms with van der Waals surface area (Å²) in [7, 11) is 3.50. The Labute approximate surface area is 207 Å². The van der Waals surface area contributed by atoms with Crippen molar-refractivity contribution in [2.45, 2.75) is 18.8 Å². The van der Waals surface area contributed by atoms with Gasteiger partial charge < -0.3 is 25.6 Å². The molecule has 2 atom stereocenters. The van der Waals surface area contributed by atoms with E-state index in [4.69, 9.17) is 4.74 Å². The summed E-state index contributed by atoms with van der Waals surface area (Å²) in [4.78, 5) is 18.8. The van der Waals surface area contributed by atoms with Gasteiger partial charge in [-0.1, -0.05) is 30.3 Å². The predicted molar refractivity (Wildman–Crippen MR) is 141 cm³/mol. The van der Waals surface area contributed by atoms with Gasteiger partial charge in [0, 0.05) is 51.3 Å². The molecule has 3 N–H and O–H groups in total. The van der Waals surface area contributed by atoms with Gasteiger partial charge in [0.2, 0.25) is 5.91 Å². The number of ether oxygens (including phenoxy) is 1. The summed E-state index contributed by atoms with van der Waals surface area (Å²) in [6.45, 7) is 3.53. The van der Waals surface area contributed by atoms with Gasteiger partial charge in [0.05, 0.1) is 12.8 Å². The zero-order chi connectivity index (χ0) is 21.6. The van der Waals surface area contributed by atoms with Crippen molar-refractivity contribution < 1.29 is 9.53 Å². The summed E-state index contributed by atoms with van der Waals surface area (Å²) in [5.41, 5.74) is 3.24. The molecule has 2 aliphatic rings. The molecule has 0 saturated carbocycles. The monoisotopic (exact) mass is 549 g/mol. The van der Waals surface area contributed by atoms with Crippen LogP contribution in [0.1, 0.15) is 24.3 Å². The Bertz CT molecular complexity index is 951. The molecule has 172 valence electrons. The number of hydrogen-bond acceptors (Lipinski definition) is 4. The van der Waals surface area contributed by atoms with E-state index in [0.29, 0.717) is 18.9 Å². The Balaban J connectivity index is 0.00000289. The number of anilines is 2. The molecule has 0 spiro atoms. The van der Waals surface area contributed by atoms with Crippen molar-refractivity contribution in [2.24, 2.45) is 10.9 Å². The van der Waals surface area contributed by atoms with E-state index in [2.05, 4.69) is 44.0 Å². The Morgan fingerprint density at radius 2 is 1.91 bits per heavy atom. The largest absolute Gasteiger partial charge is 0.495 e. The van der Waals surface area contributed by atoms with Crippen LogP contribution in [0.4, 0.5) is 11.4 Å². The van der Waals surface area contributed by atoms with E-state index in [9.17, 15) is 4.79 Å². The average Bonchev–Trinajstić information content (AvgIpc) is 3.27. The number of fused-ring (bicyclic) bond motifs is 1. The second-order valence-electron chi connectivity index (χ2n) is 8.14. The van der Waals surface area contributed by atoms with Crippen LogP contribution in [0.5, 0.6) is 5.75 Å². The number of rotatable bonds is 6. The van der Waals surface area contributed by atoms with E-state index in [1.807, 2.05) is 30.3 Å². The first-order chi connectivity index (χ1) is 15.2. The Hall–Kier alpha value is -2.49. The number of amides is 1. The van der Waals surface area contributed by atoms with Crippen LogP contribution >= 0.6 is 24.0 Å². The third kappa shape index (κ3) is 5.65. The van der Waals surface area contributed by atoms with Crippen molar-refractivity contribution in [1.82, 2.24) is 10.6 Å². The molecule has 2 heterocycles. The lowest BCUT2D eigenvalue weighted by atomic mass is 9.90. The molecule has 4 rings (SSSR count). The van der Waals surface area contributed by atoms with Crippen molar-refractivity contribution in [3.05, 3.63) is 54.1 Å². The number of para-hydroxylation sites is 3. The molecule has 32 heavy (non-hydrogen) atoms. The van der Waals surface area contributed by atoms with Crippen molar-refractivity contribution in [1.29, 1.82) is 0 Å². The smallest absolute Gasteiger partial charge is 0.225 e. The summed E-state index contributed by atoms with van der Waals surface area (Å²) < 4.78 is 5.52. The van der Waals surface area contributed by atoms with Gasteiger partial charge in [-0.05, 0) is 36.1 Å². The van der Waals surface area contributed by atoms with Gasteiger partial charge in [0.25, 0.3) is 0 Å². The van der Waals surface area contributed by atoms with Crippen LogP contribution < -0.4 is 25.6 Å². The number of guanidine groups is 1. The van der Waals surface area contributed by atoms with Gasteiger partial charge >= 0.3 is 0 Å². The fourth-order valence-corrected chi connectivity index (χ4v) is 4.47. The molecule has 7 nitrogen and oxygen atoms in total. The number of carbonyl (C=O) groups is 1. The predicted octanol–water partition coefficient (Wildman–Crippen LogP) is 3.43. The third-order valence-electron chi connectivity index (χ3n) is 6.12. The van der Waals surface area contributed by atoms with Gasteiger partial charge in [-0.25, -0.2) is 0 Å². The quantitative estimate of drug-likeness (QED) is 0.293. The molecule has 2 aromatic rings. The number of carbonyl (C=O) groups excluding carboxylic acids is 1. The summed E-state index contributed by atoms with van der Waals surface area (Å²) >= 11 is 0. The van der Waals surface area contributed by atoms with E-state index in [1.54, 1.807) is 14.2 Å². The first-order valence-electron chi connectivity index (χ1n) is 10.9. The Morgan fingerprint density at radius 1 is 1.16 bits per heavy atom. The number of aliphatic imine (C=N–C) groups is 1. The molecule has 0 radical (unpaired) electrons. The van der Waals surface area contributed by atoms with Gasteiger partial charge in [0.1, 0.15) is 5.75 Å². The minimum Gasteiger partial charge on any atom is -0.495 e. The van der Waals surface area contributed by atoms with Crippen LogP contribution in [0.2, 0.25) is 0 Å². The van der Waals surface area contributed by atoms with Crippen LogP contribution in [0.15, 0.2) is 53.5 Å². The molecule has 0 aromatic heterocycles. The van der Waals surface area contributed by atoms with Crippen LogP contribution in [-0.2, 0) is 4.79 Å². The van der Waals surface area contributed by atoms with Crippen molar-refractivity contribution in [3.8, 4) is 5.75 Å². The Morgan fingerprint density at radius 3 is 2.72 bits per heavy atom. The van der Waals surface area contributed by atoms with Crippen LogP contribution in [0.3, 0.4) is 0 Å². The molecule has 1 amide bonds. The highest BCUT2D eigenvalue weighted by atomic mass is 127. The number of hydrogen-bond donors (Lipinski definition) is 3. The zero-order valence-electron chi connectivity index (χ0n) is 18.6. The van der Waals surface area contributed by atoms with Crippen LogP contribution in [-0.4, -0.2) is 52.2 Å². The molecule has 2 aliphatic heterocycles. The molecule has 2 unspecified atom stereocenters. The highest BCUT2D eigenvalue weighted by Crippen LogP contribution is 2.32. The number of nitrogens with one attached hydrogen (secondary N) is 3. The fraction of sp³-hybridized carbons (Fsp3) is 0.417. The number of methoxy groups -OCH3 is 1. The van der Waals surface area contributed by atoms with E-state index >= 15 is 0 Å². The lowest BCUT2D eigenvalue weighted by Crippen LogP contribution is -2.42. The van der Waals surface area contributed by atoms with Crippen molar-refractivity contribution in [3.63, 3.8) is 0 Å². The highest BCUT2D eigenvalue weighted by molar-refractivity contribution is 14.0. The van der Waals surface area contributed by atoms with Gasteiger partial charge in [0.15, 0.2) is 5.96 Å². The number of benzene rings is 2. The highest BCUT2D eigenvalue weighted by Gasteiger charge is 2.26. The van der Waals surface area contributed by atoms with Crippen LogP contribution in [0, 0.1) is 5.92 Å². The summed E-state index contributed by atoms with van der Waals surface area (Å²) in [5.74, 6) is 2.43. The van der Waals surface area contributed by atoms with E-state index in [0.717, 1.165) is 49.1 Å². The van der Waals surface area contributed by atoms with Crippen LogP contribution in [0.25, 0.3) is 0 Å². The first-order valence-corrected chi connectivity index (χ1v) is 10.9. The van der Waals surface area contributed by atoms with E-state index in [1.165, 1.54) is 5.56 Å². The second-order valence-corrected chi connectivity index (χ2v) is 8.14. The maximum Gasteiger partial charge on any atom is 0.225 e. The maximum atomic E-state index is 12.0. The standard InChI is InChI=1S/C24H31N5O2.HI/c1-25-24(27-15-18-13-23(30)28-20-8-4-3-7-19(18)20)26-14-17-11-12-29(16-17)21-9-5-6-10-22(21)31-2;/h3-10,17-18H,11-16H2,1-2H3,(H,28,30)(H2,25,26,27);1H. The normalized spacial score (nSPS) is 20.1. The first kappa shape index (κ1) is 24.2. The summed E-state index contributed by atoms with van der Waals surface area (Å²) in [6, 6.07) is 16.2. The van der Waals surface area contributed by atoms with Crippen molar-refractivity contribution >= 4 is 47.2 Å². The lowest BCUT2D eigenvalue weighted by Gasteiger charge is -2.26. The average molecular weight is 549 g/mol. The topological polar surface area (TPSA) is 78.0 Å². The number of nitrogens with zero attached hydrogens (tertiary/aromatic N) is 2. The molecule has 2 aromatic carbocycles. The van der Waals surface area contributed by atoms with Gasteiger partial charge in [-0.3, -0.25) is 9.79 Å². The molecular weight excluding hydrogens is 517 g/mol. The SMILES string of the molecule is CN=C(NCC1CCN(c2ccccc2OC)C1)NCC1CC(=O)Nc2ccccc21.I. The van der Waals surface area contributed by atoms with Crippen molar-refractivity contribution in [2.75, 3.05) is 50.6 Å². The lowest BCUT2D eigenvalue weighted by molar-refractivity contribution is -0.116. The minimum absolute atomic E-state index is 0. The minimum atomic E-state index is 0. The molecule has 1 saturated heterocycles. The second kappa shape index (κ2) is 11.4. The zero-order valence-corrected chi connectivity index (χ0v) is 21.0. The van der Waals surface area contributed by atoms with E-state index < -0.39 is 0 Å². The Kier molecular flexibility index (Phi) is 8.60. The molecule has 0 bridgehead atoms. The molecule has 8 heteroatoms. The molecular formula is C24H32IN5O2. The van der Waals surface area contributed by atoms with Gasteiger partial charge in [-0.15, -0.1) is 24.0 Å². The third-order valence-corrected chi connectivity index (χ3v) is 6.12.